The van der Waals surface area contributed by atoms with Gasteiger partial charge in [-0.2, -0.15) is 4.98 Å². The summed E-state index contributed by atoms with van der Waals surface area (Å²) in [5.74, 6) is 3.11. The molecule has 3 rings (SSSR count). The van der Waals surface area contributed by atoms with E-state index in [1.807, 2.05) is 0 Å². The number of hydrogen-bond donors (Lipinski definition) is 1. The summed E-state index contributed by atoms with van der Waals surface area (Å²) in [6.07, 6.45) is 5.03. The lowest BCUT2D eigenvalue weighted by atomic mass is 9.97. The Morgan fingerprint density at radius 2 is 2.05 bits per heavy atom. The van der Waals surface area contributed by atoms with Crippen molar-refractivity contribution in [3.8, 4) is 0 Å². The average molecular weight is 264 g/mol. The predicted octanol–water partition coefficient (Wildman–Crippen LogP) is 1.77. The predicted molar refractivity (Wildman–Crippen MR) is 72.8 cm³/mol. The van der Waals surface area contributed by atoms with E-state index in [9.17, 15) is 0 Å². The van der Waals surface area contributed by atoms with Crippen LogP contribution in [0.15, 0.2) is 4.52 Å². The lowest BCUT2D eigenvalue weighted by Crippen LogP contribution is -2.36. The third-order valence-corrected chi connectivity index (χ3v) is 4.21. The second-order valence-corrected chi connectivity index (χ2v) is 5.84. The Kier molecular flexibility index (Phi) is 4.13. The van der Waals surface area contributed by atoms with E-state index < -0.39 is 0 Å². The Balaban J connectivity index is 1.52. The van der Waals surface area contributed by atoms with Gasteiger partial charge in [0.15, 0.2) is 5.82 Å². The average Bonchev–Trinajstić information content (AvgIpc) is 3.20. The van der Waals surface area contributed by atoms with Crippen LogP contribution in [0.1, 0.15) is 50.2 Å². The molecule has 1 N–H and O–H groups in total. The smallest absolute Gasteiger partial charge is 0.240 e. The zero-order chi connectivity index (χ0) is 13.1. The van der Waals surface area contributed by atoms with Crippen LogP contribution in [0.5, 0.6) is 0 Å². The molecule has 2 heterocycles. The van der Waals surface area contributed by atoms with Gasteiger partial charge >= 0.3 is 0 Å². The van der Waals surface area contributed by atoms with Crippen molar-refractivity contribution in [1.82, 2.24) is 20.4 Å². The van der Waals surface area contributed by atoms with Gasteiger partial charge in [-0.05, 0) is 51.2 Å². The van der Waals surface area contributed by atoms with Crippen LogP contribution in [0.2, 0.25) is 0 Å². The van der Waals surface area contributed by atoms with Crippen molar-refractivity contribution in [2.75, 3.05) is 26.2 Å². The standard InChI is InChI=1S/C14H24N4O/c1-2-18(9-11-5-7-15-8-6-11)10-13-16-14(17-19-13)12-3-4-12/h11-12,15H,2-10H2,1H3. The zero-order valence-electron chi connectivity index (χ0n) is 11.8. The van der Waals surface area contributed by atoms with E-state index in [0.717, 1.165) is 50.4 Å². The molecule has 5 heteroatoms. The first kappa shape index (κ1) is 13.1. The summed E-state index contributed by atoms with van der Waals surface area (Å²) in [6, 6.07) is 0. The molecule has 1 aliphatic heterocycles. The number of hydrogen-bond acceptors (Lipinski definition) is 5. The van der Waals surface area contributed by atoms with Crippen LogP contribution in [0.25, 0.3) is 0 Å². The molecule has 19 heavy (non-hydrogen) atoms. The summed E-state index contributed by atoms with van der Waals surface area (Å²) in [5, 5.41) is 7.51. The first-order valence-corrected chi connectivity index (χ1v) is 7.60. The lowest BCUT2D eigenvalue weighted by Gasteiger charge is -2.28. The Labute approximate surface area is 114 Å². The zero-order valence-corrected chi connectivity index (χ0v) is 11.8. The third kappa shape index (κ3) is 3.54. The molecule has 5 nitrogen and oxygen atoms in total. The first-order valence-electron chi connectivity index (χ1n) is 7.60. The SMILES string of the molecule is CCN(Cc1nc(C2CC2)no1)CC1CCNCC1. The molecule has 1 saturated carbocycles. The van der Waals surface area contributed by atoms with Crippen molar-refractivity contribution in [1.29, 1.82) is 0 Å². The van der Waals surface area contributed by atoms with Crippen LogP contribution < -0.4 is 5.32 Å². The van der Waals surface area contributed by atoms with Crippen LogP contribution in [-0.4, -0.2) is 41.2 Å². The molecule has 1 aromatic heterocycles. The number of piperidine rings is 1. The van der Waals surface area contributed by atoms with Crippen molar-refractivity contribution in [3.05, 3.63) is 11.7 Å². The van der Waals surface area contributed by atoms with Crippen molar-refractivity contribution >= 4 is 0 Å². The molecule has 0 atom stereocenters. The van der Waals surface area contributed by atoms with Gasteiger partial charge in [0, 0.05) is 12.5 Å². The van der Waals surface area contributed by atoms with E-state index in [1.54, 1.807) is 0 Å². The fourth-order valence-corrected chi connectivity index (χ4v) is 2.77. The Hall–Kier alpha value is -0.940. The van der Waals surface area contributed by atoms with E-state index in [4.69, 9.17) is 4.52 Å². The quantitative estimate of drug-likeness (QED) is 0.848. The van der Waals surface area contributed by atoms with Crippen LogP contribution in [0.4, 0.5) is 0 Å². The highest BCUT2D eigenvalue weighted by atomic mass is 16.5. The third-order valence-electron chi connectivity index (χ3n) is 4.21. The monoisotopic (exact) mass is 264 g/mol. The number of rotatable bonds is 6. The van der Waals surface area contributed by atoms with E-state index in [0.29, 0.717) is 5.92 Å². The van der Waals surface area contributed by atoms with Crippen LogP contribution >= 0.6 is 0 Å². The van der Waals surface area contributed by atoms with Gasteiger partial charge < -0.3 is 9.84 Å². The van der Waals surface area contributed by atoms with Crippen molar-refractivity contribution in [2.24, 2.45) is 5.92 Å². The fourth-order valence-electron chi connectivity index (χ4n) is 2.77. The number of nitrogens with zero attached hydrogens (tertiary/aromatic N) is 3. The summed E-state index contributed by atoms with van der Waals surface area (Å²) in [4.78, 5) is 6.95. The minimum absolute atomic E-state index is 0.581. The minimum atomic E-state index is 0.581. The topological polar surface area (TPSA) is 54.2 Å². The molecular formula is C14H24N4O. The molecule has 106 valence electrons. The van der Waals surface area contributed by atoms with Crippen molar-refractivity contribution in [2.45, 2.75) is 45.1 Å². The van der Waals surface area contributed by atoms with Crippen molar-refractivity contribution in [3.63, 3.8) is 0 Å². The molecule has 0 bridgehead atoms. The van der Waals surface area contributed by atoms with E-state index in [1.165, 1.54) is 25.7 Å². The Morgan fingerprint density at radius 1 is 1.26 bits per heavy atom. The van der Waals surface area contributed by atoms with Crippen molar-refractivity contribution < 1.29 is 4.52 Å². The molecule has 2 fully saturated rings. The normalized spacial score (nSPS) is 21.2. The minimum Gasteiger partial charge on any atom is -0.338 e. The van der Waals surface area contributed by atoms with Gasteiger partial charge in [0.2, 0.25) is 5.89 Å². The molecule has 1 saturated heterocycles. The summed E-state index contributed by atoms with van der Waals surface area (Å²) < 4.78 is 5.37. The summed E-state index contributed by atoms with van der Waals surface area (Å²) in [5.41, 5.74) is 0. The molecule has 0 unspecified atom stereocenters. The van der Waals surface area contributed by atoms with E-state index in [-0.39, 0.29) is 0 Å². The maximum Gasteiger partial charge on any atom is 0.240 e. The van der Waals surface area contributed by atoms with Gasteiger partial charge in [0.25, 0.3) is 0 Å². The van der Waals surface area contributed by atoms with Crippen LogP contribution in [0, 0.1) is 5.92 Å². The summed E-state index contributed by atoms with van der Waals surface area (Å²) in [7, 11) is 0. The molecule has 2 aliphatic rings. The van der Waals surface area contributed by atoms with Gasteiger partial charge in [0.05, 0.1) is 6.54 Å². The second kappa shape index (κ2) is 6.01. The molecule has 0 amide bonds. The molecule has 0 spiro atoms. The van der Waals surface area contributed by atoms with E-state index >= 15 is 0 Å². The maximum absolute atomic E-state index is 5.37. The van der Waals surface area contributed by atoms with E-state index in [2.05, 4.69) is 27.3 Å². The summed E-state index contributed by atoms with van der Waals surface area (Å²) >= 11 is 0. The second-order valence-electron chi connectivity index (χ2n) is 5.84. The van der Waals surface area contributed by atoms with Gasteiger partial charge in [-0.25, -0.2) is 0 Å². The fraction of sp³-hybridized carbons (Fsp3) is 0.857. The highest BCUT2D eigenvalue weighted by Crippen LogP contribution is 2.38. The van der Waals surface area contributed by atoms with Gasteiger partial charge in [-0.15, -0.1) is 0 Å². The Bertz CT molecular complexity index is 396. The molecule has 1 aromatic rings. The number of nitrogens with one attached hydrogen (secondary N) is 1. The highest BCUT2D eigenvalue weighted by Gasteiger charge is 2.29. The largest absolute Gasteiger partial charge is 0.338 e. The molecule has 0 aromatic carbocycles. The molecular weight excluding hydrogens is 240 g/mol. The van der Waals surface area contributed by atoms with Crippen LogP contribution in [-0.2, 0) is 6.54 Å². The van der Waals surface area contributed by atoms with Gasteiger partial charge in [-0.1, -0.05) is 12.1 Å². The first-order chi connectivity index (χ1) is 9.35. The number of aromatic nitrogens is 2. The highest BCUT2D eigenvalue weighted by molar-refractivity contribution is 5.03. The molecule has 0 radical (unpaired) electrons. The summed E-state index contributed by atoms with van der Waals surface area (Å²) in [6.45, 7) is 7.53. The maximum atomic E-state index is 5.37. The lowest BCUT2D eigenvalue weighted by molar-refractivity contribution is 0.185. The van der Waals surface area contributed by atoms with Crippen LogP contribution in [0.3, 0.4) is 0 Å². The van der Waals surface area contributed by atoms with Gasteiger partial charge in [0.1, 0.15) is 0 Å². The van der Waals surface area contributed by atoms with Gasteiger partial charge in [-0.3, -0.25) is 4.90 Å². The molecule has 1 aliphatic carbocycles. The Morgan fingerprint density at radius 3 is 2.74 bits per heavy atom.